The first-order valence-corrected chi connectivity index (χ1v) is 5.80. The predicted octanol–water partition coefficient (Wildman–Crippen LogP) is 0.293. The number of carbonyl (C=O) groups is 2. The van der Waals surface area contributed by atoms with Gasteiger partial charge in [0.25, 0.3) is 0 Å². The van der Waals surface area contributed by atoms with Gasteiger partial charge in [0.15, 0.2) is 0 Å². The van der Waals surface area contributed by atoms with Crippen molar-refractivity contribution in [3.63, 3.8) is 0 Å². The number of aromatic nitrogens is 2. The summed E-state index contributed by atoms with van der Waals surface area (Å²) in [5.74, 6) is -1.50. The average molecular weight is 254 g/mol. The fourth-order valence-corrected chi connectivity index (χ4v) is 1.28. The molecule has 1 atom stereocenters. The van der Waals surface area contributed by atoms with E-state index < -0.39 is 11.9 Å². The van der Waals surface area contributed by atoms with Crippen LogP contribution in [0.15, 0.2) is 18.7 Å². The Bertz CT molecular complexity index is 378. The van der Waals surface area contributed by atoms with Crippen molar-refractivity contribution in [1.82, 2.24) is 20.2 Å². The lowest BCUT2D eigenvalue weighted by atomic mass is 10.2. The second kappa shape index (κ2) is 7.31. The van der Waals surface area contributed by atoms with Crippen LogP contribution < -0.4 is 10.6 Å². The maximum Gasteiger partial charge on any atom is 0.314 e. The predicted molar refractivity (Wildman–Crippen MR) is 65.0 cm³/mol. The van der Waals surface area contributed by atoms with E-state index >= 15 is 0 Å². The number of hydrogen-bond acceptors (Lipinski definition) is 3. The normalized spacial score (nSPS) is 11.8. The number of rotatable bonds is 7. The van der Waals surface area contributed by atoms with Crippen LogP contribution in [0.5, 0.6) is 0 Å². The molecule has 7 heteroatoms. The Morgan fingerprint density at radius 2 is 2.22 bits per heavy atom. The highest BCUT2D eigenvalue weighted by atomic mass is 16.4. The summed E-state index contributed by atoms with van der Waals surface area (Å²) in [6.45, 7) is 2.99. The summed E-state index contributed by atoms with van der Waals surface area (Å²) in [6.07, 6.45) is 6.06. The quantitative estimate of drug-likeness (QED) is 0.609. The molecule has 3 N–H and O–H groups in total. The lowest BCUT2D eigenvalue weighted by Gasteiger charge is -2.09. The summed E-state index contributed by atoms with van der Waals surface area (Å²) in [5, 5.41) is 13.8. The Morgan fingerprint density at radius 3 is 2.83 bits per heavy atom. The largest absolute Gasteiger partial charge is 0.481 e. The molecule has 7 nitrogen and oxygen atoms in total. The van der Waals surface area contributed by atoms with Crippen molar-refractivity contribution in [2.24, 2.45) is 5.92 Å². The third-order valence-electron chi connectivity index (χ3n) is 2.43. The van der Waals surface area contributed by atoms with E-state index in [1.807, 2.05) is 10.8 Å². The fraction of sp³-hybridized carbons (Fsp3) is 0.545. The zero-order valence-corrected chi connectivity index (χ0v) is 10.3. The van der Waals surface area contributed by atoms with E-state index in [2.05, 4.69) is 15.6 Å². The minimum absolute atomic E-state index is 0.128. The molecule has 0 aliphatic rings. The second-order valence-corrected chi connectivity index (χ2v) is 4.03. The van der Waals surface area contributed by atoms with Crippen LogP contribution in [-0.2, 0) is 11.3 Å². The summed E-state index contributed by atoms with van der Waals surface area (Å²) < 4.78 is 1.92. The van der Waals surface area contributed by atoms with Crippen LogP contribution in [0.1, 0.15) is 13.3 Å². The Labute approximate surface area is 105 Å². The maximum absolute atomic E-state index is 11.3. The molecule has 1 rings (SSSR count). The Kier molecular flexibility index (Phi) is 5.69. The second-order valence-electron chi connectivity index (χ2n) is 4.03. The van der Waals surface area contributed by atoms with Gasteiger partial charge in [0.2, 0.25) is 0 Å². The molecular formula is C11H18N4O3. The zero-order chi connectivity index (χ0) is 13.4. The topological polar surface area (TPSA) is 96.3 Å². The van der Waals surface area contributed by atoms with Gasteiger partial charge in [0.05, 0.1) is 12.2 Å². The van der Waals surface area contributed by atoms with Gasteiger partial charge in [0.1, 0.15) is 0 Å². The molecule has 1 unspecified atom stereocenters. The van der Waals surface area contributed by atoms with Gasteiger partial charge in [-0.25, -0.2) is 9.78 Å². The van der Waals surface area contributed by atoms with Gasteiger partial charge in [0, 0.05) is 32.0 Å². The van der Waals surface area contributed by atoms with E-state index in [9.17, 15) is 9.59 Å². The number of carboxylic acids is 1. The number of urea groups is 1. The molecular weight excluding hydrogens is 236 g/mol. The van der Waals surface area contributed by atoms with Crippen LogP contribution in [-0.4, -0.2) is 39.7 Å². The van der Waals surface area contributed by atoms with Crippen molar-refractivity contribution in [2.75, 3.05) is 13.1 Å². The first kappa shape index (κ1) is 14.0. The number of nitrogens with one attached hydrogen (secondary N) is 2. The van der Waals surface area contributed by atoms with Crippen LogP contribution >= 0.6 is 0 Å². The van der Waals surface area contributed by atoms with Gasteiger partial charge in [-0.05, 0) is 6.42 Å². The Morgan fingerprint density at radius 1 is 1.44 bits per heavy atom. The zero-order valence-electron chi connectivity index (χ0n) is 10.3. The molecule has 1 heterocycles. The number of aliphatic carboxylic acids is 1. The van der Waals surface area contributed by atoms with Crippen LogP contribution in [0.25, 0.3) is 0 Å². The highest BCUT2D eigenvalue weighted by Gasteiger charge is 2.11. The standard InChI is InChI=1S/C11H18N4O3/c1-9(10(16)17)7-14-11(18)13-3-2-5-15-6-4-12-8-15/h4,6,8-9H,2-3,5,7H2,1H3,(H,16,17)(H2,13,14,18). The average Bonchev–Trinajstić information content (AvgIpc) is 2.84. The van der Waals surface area contributed by atoms with E-state index in [1.54, 1.807) is 19.4 Å². The minimum atomic E-state index is -0.921. The Balaban J connectivity index is 2.05. The molecule has 0 aliphatic heterocycles. The number of carbonyl (C=O) groups excluding carboxylic acids is 1. The number of hydrogen-bond donors (Lipinski definition) is 3. The lowest BCUT2D eigenvalue weighted by molar-refractivity contribution is -0.140. The fourth-order valence-electron chi connectivity index (χ4n) is 1.28. The third kappa shape index (κ3) is 5.33. The van der Waals surface area contributed by atoms with Crippen molar-refractivity contribution in [3.05, 3.63) is 18.7 Å². The van der Waals surface area contributed by atoms with Crippen molar-refractivity contribution < 1.29 is 14.7 Å². The molecule has 100 valence electrons. The van der Waals surface area contributed by atoms with Gasteiger partial charge in [-0.3, -0.25) is 4.79 Å². The number of amides is 2. The minimum Gasteiger partial charge on any atom is -0.481 e. The van der Waals surface area contributed by atoms with Gasteiger partial charge in [-0.15, -0.1) is 0 Å². The van der Waals surface area contributed by atoms with Gasteiger partial charge < -0.3 is 20.3 Å². The first-order valence-electron chi connectivity index (χ1n) is 5.80. The van der Waals surface area contributed by atoms with E-state index in [-0.39, 0.29) is 12.6 Å². The summed E-state index contributed by atoms with van der Waals surface area (Å²) in [6, 6.07) is -0.339. The van der Waals surface area contributed by atoms with Crippen molar-refractivity contribution >= 4 is 12.0 Å². The van der Waals surface area contributed by atoms with Crippen LogP contribution in [0.3, 0.4) is 0 Å². The molecule has 1 aromatic rings. The first-order chi connectivity index (χ1) is 8.59. The van der Waals surface area contributed by atoms with Crippen molar-refractivity contribution in [3.8, 4) is 0 Å². The summed E-state index contributed by atoms with van der Waals surface area (Å²) in [7, 11) is 0. The van der Waals surface area contributed by atoms with Crippen LogP contribution in [0, 0.1) is 5.92 Å². The smallest absolute Gasteiger partial charge is 0.314 e. The number of carboxylic acid groups (broad SMARTS) is 1. The van der Waals surface area contributed by atoms with E-state index in [1.165, 1.54) is 0 Å². The van der Waals surface area contributed by atoms with Crippen molar-refractivity contribution in [1.29, 1.82) is 0 Å². The number of nitrogens with zero attached hydrogens (tertiary/aromatic N) is 2. The molecule has 1 aromatic heterocycles. The summed E-state index contributed by atoms with van der Waals surface area (Å²) in [5.41, 5.74) is 0. The Hall–Kier alpha value is -2.05. The summed E-state index contributed by atoms with van der Waals surface area (Å²) >= 11 is 0. The number of imidazole rings is 1. The molecule has 0 fully saturated rings. The lowest BCUT2D eigenvalue weighted by Crippen LogP contribution is -2.39. The number of aryl methyl sites for hydroxylation is 1. The summed E-state index contributed by atoms with van der Waals surface area (Å²) in [4.78, 5) is 25.7. The molecule has 0 aromatic carbocycles. The molecule has 18 heavy (non-hydrogen) atoms. The molecule has 0 bridgehead atoms. The van der Waals surface area contributed by atoms with Crippen molar-refractivity contribution in [2.45, 2.75) is 19.9 Å². The molecule has 0 saturated carbocycles. The maximum atomic E-state index is 11.3. The van der Waals surface area contributed by atoms with Gasteiger partial charge in [-0.1, -0.05) is 6.92 Å². The molecule has 0 radical (unpaired) electrons. The van der Waals surface area contributed by atoms with Crippen LogP contribution in [0.2, 0.25) is 0 Å². The van der Waals surface area contributed by atoms with E-state index in [0.717, 1.165) is 13.0 Å². The van der Waals surface area contributed by atoms with Crippen LogP contribution in [0.4, 0.5) is 4.79 Å². The van der Waals surface area contributed by atoms with Gasteiger partial charge >= 0.3 is 12.0 Å². The van der Waals surface area contributed by atoms with E-state index in [4.69, 9.17) is 5.11 Å². The molecule has 0 saturated heterocycles. The molecule has 2 amide bonds. The highest BCUT2D eigenvalue weighted by molar-refractivity contribution is 5.75. The monoisotopic (exact) mass is 254 g/mol. The molecule has 0 spiro atoms. The third-order valence-corrected chi connectivity index (χ3v) is 2.43. The molecule has 0 aliphatic carbocycles. The highest BCUT2D eigenvalue weighted by Crippen LogP contribution is 1.91. The SMILES string of the molecule is CC(CNC(=O)NCCCn1ccnc1)C(=O)O. The van der Waals surface area contributed by atoms with Gasteiger partial charge in [-0.2, -0.15) is 0 Å². The van der Waals surface area contributed by atoms with E-state index in [0.29, 0.717) is 6.54 Å².